The zero-order valence-corrected chi connectivity index (χ0v) is 19.1. The van der Waals surface area contributed by atoms with Gasteiger partial charge in [-0.25, -0.2) is 12.8 Å². The molecule has 2 amide bonds. The van der Waals surface area contributed by atoms with Crippen LogP contribution in [-0.2, 0) is 19.6 Å². The number of hydrogen-bond acceptors (Lipinski definition) is 5. The molecule has 2 saturated heterocycles. The summed E-state index contributed by atoms with van der Waals surface area (Å²) in [5.74, 6) is -0.653. The molecule has 176 valence electrons. The average molecular weight is 476 g/mol. The number of hydrogen-bond donors (Lipinski definition) is 0. The second-order valence-electron chi connectivity index (χ2n) is 8.02. The van der Waals surface area contributed by atoms with Crippen molar-refractivity contribution in [2.45, 2.75) is 18.2 Å². The van der Waals surface area contributed by atoms with E-state index in [4.69, 9.17) is 4.74 Å². The predicted octanol–water partition coefficient (Wildman–Crippen LogP) is 2.11. The minimum absolute atomic E-state index is 0.102. The number of ether oxygens (including phenoxy) is 1. The van der Waals surface area contributed by atoms with Gasteiger partial charge in [-0.05, 0) is 49.4 Å². The van der Waals surface area contributed by atoms with Crippen LogP contribution in [0.5, 0.6) is 5.75 Å². The number of carbonyl (C=O) groups excluding carboxylic acids is 2. The summed E-state index contributed by atoms with van der Waals surface area (Å²) in [7, 11) is -3.83. The molecule has 2 aliphatic heterocycles. The first-order chi connectivity index (χ1) is 15.8. The number of amides is 2. The Morgan fingerprint density at radius 1 is 1.09 bits per heavy atom. The van der Waals surface area contributed by atoms with E-state index in [9.17, 15) is 22.4 Å². The first-order valence-electron chi connectivity index (χ1n) is 10.9. The standard InChI is InChI=1S/C23H26FN3O5S/c1-2-32-20-8-6-19(7-9-20)27-16-17(14-22(27)28)23(29)25-10-12-26(13-11-25)33(30,31)21-5-3-4-18(24)15-21/h3-9,15,17H,2,10-14,16H2,1H3/t17-/m0/s1. The lowest BCUT2D eigenvalue weighted by atomic mass is 10.1. The second-order valence-corrected chi connectivity index (χ2v) is 9.96. The Bertz CT molecular complexity index is 1130. The third-order valence-corrected chi connectivity index (χ3v) is 7.81. The SMILES string of the molecule is CCOc1ccc(N2C[C@@H](C(=O)N3CCN(S(=O)(=O)c4cccc(F)c4)CC3)CC2=O)cc1. The molecule has 2 heterocycles. The van der Waals surface area contributed by atoms with E-state index in [1.54, 1.807) is 34.1 Å². The van der Waals surface area contributed by atoms with Crippen molar-refractivity contribution in [1.82, 2.24) is 9.21 Å². The van der Waals surface area contributed by atoms with E-state index in [0.717, 1.165) is 6.07 Å². The number of nitrogens with zero attached hydrogens (tertiary/aromatic N) is 3. The third-order valence-electron chi connectivity index (χ3n) is 5.92. The van der Waals surface area contributed by atoms with E-state index < -0.39 is 21.8 Å². The van der Waals surface area contributed by atoms with E-state index in [-0.39, 0.29) is 55.9 Å². The number of benzene rings is 2. The van der Waals surface area contributed by atoms with Gasteiger partial charge < -0.3 is 14.5 Å². The number of piperazine rings is 1. The quantitative estimate of drug-likeness (QED) is 0.639. The van der Waals surface area contributed by atoms with Gasteiger partial charge >= 0.3 is 0 Å². The van der Waals surface area contributed by atoms with Gasteiger partial charge in [0.15, 0.2) is 0 Å². The van der Waals surface area contributed by atoms with Crippen LogP contribution in [0.1, 0.15) is 13.3 Å². The van der Waals surface area contributed by atoms with Crippen LogP contribution in [0.3, 0.4) is 0 Å². The van der Waals surface area contributed by atoms with E-state index >= 15 is 0 Å². The van der Waals surface area contributed by atoms with Crippen molar-refractivity contribution in [3.63, 3.8) is 0 Å². The van der Waals surface area contributed by atoms with Gasteiger partial charge in [0.25, 0.3) is 0 Å². The number of sulfonamides is 1. The van der Waals surface area contributed by atoms with Crippen molar-refractivity contribution >= 4 is 27.5 Å². The highest BCUT2D eigenvalue weighted by molar-refractivity contribution is 7.89. The fourth-order valence-corrected chi connectivity index (χ4v) is 5.65. The summed E-state index contributed by atoms with van der Waals surface area (Å²) in [5.41, 5.74) is 0.713. The first-order valence-corrected chi connectivity index (χ1v) is 12.3. The zero-order chi connectivity index (χ0) is 23.6. The maximum Gasteiger partial charge on any atom is 0.243 e. The highest BCUT2D eigenvalue weighted by atomic mass is 32.2. The van der Waals surface area contributed by atoms with Gasteiger partial charge in [-0.15, -0.1) is 0 Å². The lowest BCUT2D eigenvalue weighted by molar-refractivity contribution is -0.136. The van der Waals surface area contributed by atoms with Crippen LogP contribution in [0.25, 0.3) is 0 Å². The highest BCUT2D eigenvalue weighted by Gasteiger charge is 2.39. The topological polar surface area (TPSA) is 87.2 Å². The molecule has 0 N–H and O–H groups in total. The van der Waals surface area contributed by atoms with Crippen LogP contribution in [-0.4, -0.2) is 68.8 Å². The van der Waals surface area contributed by atoms with Crippen molar-refractivity contribution < 1.29 is 27.1 Å². The molecule has 8 nitrogen and oxygen atoms in total. The van der Waals surface area contributed by atoms with Gasteiger partial charge in [0.05, 0.1) is 17.4 Å². The van der Waals surface area contributed by atoms with E-state index in [0.29, 0.717) is 18.0 Å². The molecular formula is C23H26FN3O5S. The Labute approximate surface area is 192 Å². The minimum atomic E-state index is -3.83. The molecule has 1 atom stereocenters. The first kappa shape index (κ1) is 23.2. The largest absolute Gasteiger partial charge is 0.494 e. The fourth-order valence-electron chi connectivity index (χ4n) is 4.20. The normalized spacial score (nSPS) is 19.7. The third kappa shape index (κ3) is 4.86. The van der Waals surface area contributed by atoms with Crippen molar-refractivity contribution in [2.24, 2.45) is 5.92 Å². The summed E-state index contributed by atoms with van der Waals surface area (Å²) in [4.78, 5) is 28.7. The summed E-state index contributed by atoms with van der Waals surface area (Å²) in [6, 6.07) is 12.1. The molecule has 10 heteroatoms. The van der Waals surface area contributed by atoms with Crippen molar-refractivity contribution in [3.05, 3.63) is 54.3 Å². The average Bonchev–Trinajstić information content (AvgIpc) is 3.21. The summed E-state index contributed by atoms with van der Waals surface area (Å²) in [6.07, 6.45) is 0.119. The Morgan fingerprint density at radius 2 is 1.79 bits per heavy atom. The Hall–Kier alpha value is -2.98. The number of anilines is 1. The van der Waals surface area contributed by atoms with Crippen LogP contribution < -0.4 is 9.64 Å². The molecule has 0 radical (unpaired) electrons. The Kier molecular flexibility index (Phi) is 6.66. The molecule has 2 aromatic carbocycles. The maximum atomic E-state index is 13.5. The summed E-state index contributed by atoms with van der Waals surface area (Å²) < 4.78 is 45.7. The van der Waals surface area contributed by atoms with Crippen molar-refractivity contribution in [3.8, 4) is 5.75 Å². The summed E-state index contributed by atoms with van der Waals surface area (Å²) >= 11 is 0. The molecule has 0 aromatic heterocycles. The smallest absolute Gasteiger partial charge is 0.243 e. The molecule has 2 aromatic rings. The molecule has 4 rings (SSSR count). The van der Waals surface area contributed by atoms with Crippen LogP contribution >= 0.6 is 0 Å². The molecule has 2 aliphatic rings. The number of halogens is 1. The lowest BCUT2D eigenvalue weighted by Gasteiger charge is -2.35. The molecule has 33 heavy (non-hydrogen) atoms. The summed E-state index contributed by atoms with van der Waals surface area (Å²) in [5, 5.41) is 0. The van der Waals surface area contributed by atoms with Gasteiger partial charge in [0.1, 0.15) is 11.6 Å². The van der Waals surface area contributed by atoms with Crippen molar-refractivity contribution in [2.75, 3.05) is 44.2 Å². The second kappa shape index (κ2) is 9.48. The molecule has 2 fully saturated rings. The Morgan fingerprint density at radius 3 is 2.42 bits per heavy atom. The van der Waals surface area contributed by atoms with Gasteiger partial charge in [-0.3, -0.25) is 9.59 Å². The van der Waals surface area contributed by atoms with E-state index in [1.165, 1.54) is 22.5 Å². The van der Waals surface area contributed by atoms with E-state index in [2.05, 4.69) is 0 Å². The van der Waals surface area contributed by atoms with Crippen LogP contribution in [0.2, 0.25) is 0 Å². The molecule has 0 aliphatic carbocycles. The Balaban J connectivity index is 1.36. The van der Waals surface area contributed by atoms with Gasteiger partial charge in [0, 0.05) is 44.8 Å². The van der Waals surface area contributed by atoms with E-state index in [1.807, 2.05) is 6.92 Å². The molecular weight excluding hydrogens is 449 g/mol. The lowest BCUT2D eigenvalue weighted by Crippen LogP contribution is -2.52. The van der Waals surface area contributed by atoms with Crippen molar-refractivity contribution in [1.29, 1.82) is 0 Å². The minimum Gasteiger partial charge on any atom is -0.494 e. The van der Waals surface area contributed by atoms with Crippen LogP contribution in [0.15, 0.2) is 53.4 Å². The van der Waals surface area contributed by atoms with Gasteiger partial charge in [-0.2, -0.15) is 4.31 Å². The van der Waals surface area contributed by atoms with Crippen LogP contribution in [0.4, 0.5) is 10.1 Å². The number of rotatable bonds is 6. The predicted molar refractivity (Wildman–Crippen MR) is 120 cm³/mol. The zero-order valence-electron chi connectivity index (χ0n) is 18.3. The fraction of sp³-hybridized carbons (Fsp3) is 0.391. The maximum absolute atomic E-state index is 13.5. The highest BCUT2D eigenvalue weighted by Crippen LogP contribution is 2.28. The monoisotopic (exact) mass is 475 g/mol. The van der Waals surface area contributed by atoms with Crippen LogP contribution in [0, 0.1) is 11.7 Å². The molecule has 0 saturated carbocycles. The number of carbonyl (C=O) groups is 2. The molecule has 0 unspecified atom stereocenters. The van der Waals surface area contributed by atoms with Gasteiger partial charge in [-0.1, -0.05) is 6.07 Å². The van der Waals surface area contributed by atoms with Gasteiger partial charge in [0.2, 0.25) is 21.8 Å². The summed E-state index contributed by atoms with van der Waals surface area (Å²) in [6.45, 7) is 3.41. The molecule has 0 bridgehead atoms. The molecule has 0 spiro atoms.